The molecule has 1 aliphatic carbocycles. The minimum atomic E-state index is 0. The van der Waals surface area contributed by atoms with Gasteiger partial charge in [0.25, 0.3) is 0 Å². The second-order valence-electron chi connectivity index (χ2n) is 6.83. The van der Waals surface area contributed by atoms with E-state index in [1.807, 2.05) is 12.1 Å². The van der Waals surface area contributed by atoms with Crippen molar-refractivity contribution in [3.63, 3.8) is 0 Å². The third-order valence-electron chi connectivity index (χ3n) is 5.70. The van der Waals surface area contributed by atoms with Crippen LogP contribution in [0.25, 0.3) is 11.6 Å². The van der Waals surface area contributed by atoms with Gasteiger partial charge >= 0.3 is 0 Å². The van der Waals surface area contributed by atoms with Crippen molar-refractivity contribution in [3.8, 4) is 11.6 Å². The first kappa shape index (κ1) is 22.7. The molecule has 2 atom stereocenters. The molecule has 2 heterocycles. The van der Waals surface area contributed by atoms with E-state index in [4.69, 9.17) is 9.15 Å². The fourth-order valence-electron chi connectivity index (χ4n) is 4.00. The van der Waals surface area contributed by atoms with Crippen molar-refractivity contribution in [2.75, 3.05) is 13.7 Å². The number of nitrogens with one attached hydrogen (secondary N) is 3. The molecule has 1 saturated carbocycles. The molecule has 0 radical (unpaired) electrons. The van der Waals surface area contributed by atoms with Crippen molar-refractivity contribution >= 4 is 29.9 Å². The predicted molar refractivity (Wildman–Crippen MR) is 120 cm³/mol. The van der Waals surface area contributed by atoms with Gasteiger partial charge in [0.1, 0.15) is 5.82 Å². The summed E-state index contributed by atoms with van der Waals surface area (Å²) in [6.07, 6.45) is 5.09. The van der Waals surface area contributed by atoms with E-state index < -0.39 is 0 Å². The molecule has 2 aromatic heterocycles. The SMILES string of the molecule is CCOC1CC(NC(=NC)NCc2nc(-c3ccco3)n[nH]2)C1(CC)CC.I. The van der Waals surface area contributed by atoms with Gasteiger partial charge in [-0.15, -0.1) is 29.1 Å². The minimum Gasteiger partial charge on any atom is -0.461 e. The molecule has 0 saturated heterocycles. The van der Waals surface area contributed by atoms with Crippen molar-refractivity contribution in [2.45, 2.75) is 58.7 Å². The van der Waals surface area contributed by atoms with E-state index in [-0.39, 0.29) is 29.4 Å². The molecule has 2 aromatic rings. The van der Waals surface area contributed by atoms with Crippen molar-refractivity contribution in [1.29, 1.82) is 0 Å². The Morgan fingerprint density at radius 2 is 2.18 bits per heavy atom. The first-order chi connectivity index (χ1) is 13.2. The molecule has 1 aliphatic rings. The van der Waals surface area contributed by atoms with Gasteiger partial charge in [0, 0.05) is 25.1 Å². The second-order valence-corrected chi connectivity index (χ2v) is 6.83. The van der Waals surface area contributed by atoms with Crippen LogP contribution in [-0.4, -0.2) is 46.9 Å². The van der Waals surface area contributed by atoms with E-state index in [0.29, 0.717) is 30.3 Å². The standard InChI is InChI=1S/C19H30N6O2.HI/c1-5-19(6-2)14(11-15(19)26-7-3)22-18(20-4)21-12-16-23-17(25-24-16)13-9-8-10-27-13;/h8-10,14-15H,5-7,11-12H2,1-4H3,(H2,20,21,22)(H,23,24,25);1H. The quantitative estimate of drug-likeness (QED) is 0.291. The molecule has 9 heteroatoms. The fraction of sp³-hybridized carbons (Fsp3) is 0.632. The smallest absolute Gasteiger partial charge is 0.216 e. The number of furan rings is 1. The summed E-state index contributed by atoms with van der Waals surface area (Å²) in [5.74, 6) is 2.68. The van der Waals surface area contributed by atoms with Crippen LogP contribution in [0.3, 0.4) is 0 Å². The van der Waals surface area contributed by atoms with Crippen molar-refractivity contribution in [2.24, 2.45) is 10.4 Å². The first-order valence-corrected chi connectivity index (χ1v) is 9.70. The highest BCUT2D eigenvalue weighted by Gasteiger charge is 2.53. The molecule has 8 nitrogen and oxygen atoms in total. The number of rotatable bonds is 8. The molecule has 28 heavy (non-hydrogen) atoms. The summed E-state index contributed by atoms with van der Waals surface area (Å²) in [6, 6.07) is 4.00. The van der Waals surface area contributed by atoms with Crippen molar-refractivity contribution < 1.29 is 9.15 Å². The molecular weight excluding hydrogens is 471 g/mol. The average Bonchev–Trinajstić information content (AvgIpc) is 3.36. The molecule has 0 aromatic carbocycles. The highest BCUT2D eigenvalue weighted by molar-refractivity contribution is 14.0. The van der Waals surface area contributed by atoms with E-state index >= 15 is 0 Å². The van der Waals surface area contributed by atoms with Gasteiger partial charge in [-0.05, 0) is 38.3 Å². The Morgan fingerprint density at radius 3 is 2.79 bits per heavy atom. The zero-order valence-electron chi connectivity index (χ0n) is 17.0. The maximum atomic E-state index is 5.96. The number of nitrogens with zero attached hydrogens (tertiary/aromatic N) is 3. The van der Waals surface area contributed by atoms with Gasteiger partial charge in [0.2, 0.25) is 5.82 Å². The maximum Gasteiger partial charge on any atom is 0.216 e. The van der Waals surface area contributed by atoms with Gasteiger partial charge in [-0.3, -0.25) is 10.1 Å². The Labute approximate surface area is 183 Å². The van der Waals surface area contributed by atoms with Gasteiger partial charge in [-0.2, -0.15) is 0 Å². The lowest BCUT2D eigenvalue weighted by Gasteiger charge is -2.55. The fourth-order valence-corrected chi connectivity index (χ4v) is 4.00. The number of hydrogen-bond acceptors (Lipinski definition) is 5. The van der Waals surface area contributed by atoms with Crippen LogP contribution in [0, 0.1) is 5.41 Å². The summed E-state index contributed by atoms with van der Waals surface area (Å²) < 4.78 is 11.3. The van der Waals surface area contributed by atoms with E-state index in [2.05, 4.69) is 51.6 Å². The first-order valence-electron chi connectivity index (χ1n) is 9.70. The number of H-pyrrole nitrogens is 1. The molecule has 0 aliphatic heterocycles. The van der Waals surface area contributed by atoms with E-state index in [1.165, 1.54) is 0 Å². The second kappa shape index (κ2) is 10.2. The van der Waals surface area contributed by atoms with Crippen molar-refractivity contribution in [3.05, 3.63) is 24.2 Å². The summed E-state index contributed by atoms with van der Waals surface area (Å²) in [7, 11) is 1.78. The molecular formula is C19H31IN6O2. The monoisotopic (exact) mass is 502 g/mol. The van der Waals surface area contributed by atoms with Crippen LogP contribution >= 0.6 is 24.0 Å². The lowest BCUT2D eigenvalue weighted by atomic mass is 9.58. The number of guanidine groups is 1. The van der Waals surface area contributed by atoms with Crippen LogP contribution in [0.4, 0.5) is 0 Å². The van der Waals surface area contributed by atoms with E-state index in [1.54, 1.807) is 13.3 Å². The predicted octanol–water partition coefficient (Wildman–Crippen LogP) is 3.33. The Bertz CT molecular complexity index is 741. The molecule has 3 rings (SSSR count). The number of hydrogen-bond donors (Lipinski definition) is 3. The lowest BCUT2D eigenvalue weighted by molar-refractivity contribution is -0.133. The third-order valence-corrected chi connectivity index (χ3v) is 5.70. The van der Waals surface area contributed by atoms with Gasteiger partial charge in [-0.25, -0.2) is 4.98 Å². The molecule has 3 N–H and O–H groups in total. The van der Waals surface area contributed by atoms with Crippen LogP contribution in [0.1, 0.15) is 45.9 Å². The van der Waals surface area contributed by atoms with Crippen LogP contribution in [0.15, 0.2) is 27.8 Å². The highest BCUT2D eigenvalue weighted by Crippen LogP contribution is 2.48. The number of ether oxygens (including phenoxy) is 1. The molecule has 156 valence electrons. The Hall–Kier alpha value is -1.62. The summed E-state index contributed by atoms with van der Waals surface area (Å²) in [5.41, 5.74) is 0.159. The largest absolute Gasteiger partial charge is 0.461 e. The van der Waals surface area contributed by atoms with Crippen LogP contribution < -0.4 is 10.6 Å². The molecule has 2 unspecified atom stereocenters. The summed E-state index contributed by atoms with van der Waals surface area (Å²) in [5, 5.41) is 14.0. The summed E-state index contributed by atoms with van der Waals surface area (Å²) >= 11 is 0. The van der Waals surface area contributed by atoms with Gasteiger partial charge in [-0.1, -0.05) is 13.8 Å². The number of aliphatic imine (C=N–C) groups is 1. The summed E-state index contributed by atoms with van der Waals surface area (Å²) in [6.45, 7) is 7.80. The topological polar surface area (TPSA) is 100 Å². The Kier molecular flexibility index (Phi) is 8.29. The van der Waals surface area contributed by atoms with Crippen molar-refractivity contribution in [1.82, 2.24) is 25.8 Å². The van der Waals surface area contributed by atoms with E-state index in [9.17, 15) is 0 Å². The van der Waals surface area contributed by atoms with E-state index in [0.717, 1.165) is 37.7 Å². The third kappa shape index (κ3) is 4.51. The zero-order valence-corrected chi connectivity index (χ0v) is 19.3. The number of aromatic nitrogens is 3. The van der Waals surface area contributed by atoms with Crippen LogP contribution in [0.5, 0.6) is 0 Å². The number of aromatic amines is 1. The maximum absolute atomic E-state index is 5.96. The summed E-state index contributed by atoms with van der Waals surface area (Å²) in [4.78, 5) is 8.80. The molecule has 1 fully saturated rings. The highest BCUT2D eigenvalue weighted by atomic mass is 127. The average molecular weight is 502 g/mol. The molecule has 0 amide bonds. The lowest BCUT2D eigenvalue weighted by Crippen LogP contribution is -2.65. The van der Waals surface area contributed by atoms with Gasteiger partial charge in [0.05, 0.1) is 18.9 Å². The van der Waals surface area contributed by atoms with Gasteiger partial charge in [0.15, 0.2) is 11.7 Å². The molecule has 0 bridgehead atoms. The van der Waals surface area contributed by atoms with Gasteiger partial charge < -0.3 is 19.8 Å². The van der Waals surface area contributed by atoms with Crippen LogP contribution in [-0.2, 0) is 11.3 Å². The normalized spacial score (nSPS) is 20.9. The molecule has 0 spiro atoms. The Morgan fingerprint density at radius 1 is 1.39 bits per heavy atom. The number of halogens is 1. The Balaban J connectivity index is 0.00000280. The van der Waals surface area contributed by atoms with Crippen LogP contribution in [0.2, 0.25) is 0 Å². The zero-order chi connectivity index (χ0) is 19.3. The minimum absolute atomic E-state index is 0.